The van der Waals surface area contributed by atoms with Gasteiger partial charge >= 0.3 is 0 Å². The Kier molecular flexibility index (Phi) is 6.03. The number of rotatable bonds is 6. The molecule has 12 heteroatoms. The molecule has 200 valence electrons. The number of aryl methyl sites for hydroxylation is 1. The van der Waals surface area contributed by atoms with Crippen LogP contribution < -0.4 is 10.2 Å². The van der Waals surface area contributed by atoms with Crippen molar-refractivity contribution >= 4 is 32.6 Å². The normalized spacial score (nSPS) is 18.0. The van der Waals surface area contributed by atoms with Gasteiger partial charge in [0.05, 0.1) is 51.4 Å². The van der Waals surface area contributed by atoms with Crippen LogP contribution in [0.2, 0.25) is 0 Å². The fourth-order valence-corrected chi connectivity index (χ4v) is 5.91. The van der Waals surface area contributed by atoms with Crippen LogP contribution in [0.15, 0.2) is 53.8 Å². The maximum absolute atomic E-state index is 12.7. The number of β-amino-alcohol motifs (C(OH)–C–C–N with tert-alkyl or cyclic N) is 1. The molecule has 1 unspecified atom stereocenters. The van der Waals surface area contributed by atoms with Crippen molar-refractivity contribution in [3.05, 3.63) is 65.9 Å². The number of amides is 1. The van der Waals surface area contributed by atoms with E-state index in [0.29, 0.717) is 40.8 Å². The first kappa shape index (κ1) is 25.3. The Morgan fingerprint density at radius 3 is 2.64 bits per heavy atom. The van der Waals surface area contributed by atoms with Crippen LogP contribution in [0.25, 0.3) is 22.3 Å². The molecule has 0 radical (unpaired) electrons. The molecular weight excluding hydrogens is 518 g/mol. The number of sulfone groups is 1. The molecule has 1 amide bonds. The fourth-order valence-electron chi connectivity index (χ4n) is 4.98. The number of aliphatic hydroxyl groups is 1. The summed E-state index contributed by atoms with van der Waals surface area (Å²) in [6, 6.07) is 8.72. The third kappa shape index (κ3) is 4.92. The summed E-state index contributed by atoms with van der Waals surface area (Å²) in [5, 5.41) is 14.0. The molecular formula is C27H27N7O4S. The number of hydrogen-bond acceptors (Lipinski definition) is 10. The fraction of sp³-hybridized carbons (Fsp3) is 0.333. The molecule has 1 saturated heterocycles. The number of nitrogens with zero attached hydrogens (tertiary/aromatic N) is 6. The van der Waals surface area contributed by atoms with Crippen molar-refractivity contribution in [3.8, 4) is 11.4 Å². The van der Waals surface area contributed by atoms with Gasteiger partial charge in [-0.1, -0.05) is 0 Å². The van der Waals surface area contributed by atoms with E-state index in [1.165, 1.54) is 12.3 Å². The van der Waals surface area contributed by atoms with Crippen molar-refractivity contribution in [2.45, 2.75) is 37.3 Å². The van der Waals surface area contributed by atoms with E-state index in [9.17, 15) is 18.3 Å². The van der Waals surface area contributed by atoms with Crippen LogP contribution in [0.4, 0.5) is 5.95 Å². The highest BCUT2D eigenvalue weighted by molar-refractivity contribution is 7.90. The largest absolute Gasteiger partial charge is 0.391 e. The molecule has 4 aromatic heterocycles. The van der Waals surface area contributed by atoms with Crippen LogP contribution in [0, 0.1) is 12.3 Å². The molecule has 2 N–H and O–H groups in total. The first-order valence-corrected chi connectivity index (χ1v) is 14.5. The van der Waals surface area contributed by atoms with Crippen molar-refractivity contribution in [1.29, 1.82) is 0 Å². The molecule has 1 atom stereocenters. The monoisotopic (exact) mass is 545 g/mol. The van der Waals surface area contributed by atoms with E-state index in [2.05, 4.69) is 20.3 Å². The highest BCUT2D eigenvalue weighted by Crippen LogP contribution is 2.53. The average molecular weight is 546 g/mol. The molecule has 0 bridgehead atoms. The van der Waals surface area contributed by atoms with Gasteiger partial charge in [-0.3, -0.25) is 14.8 Å². The number of anilines is 1. The Labute approximate surface area is 225 Å². The summed E-state index contributed by atoms with van der Waals surface area (Å²) in [4.78, 5) is 37.2. The summed E-state index contributed by atoms with van der Waals surface area (Å²) in [6.45, 7) is 3.00. The molecule has 2 fully saturated rings. The molecule has 39 heavy (non-hydrogen) atoms. The van der Waals surface area contributed by atoms with Crippen LogP contribution in [0.1, 0.15) is 34.6 Å². The average Bonchev–Trinajstić information content (AvgIpc) is 3.63. The second-order valence-electron chi connectivity index (χ2n) is 10.3. The zero-order valence-corrected chi connectivity index (χ0v) is 22.3. The van der Waals surface area contributed by atoms with E-state index in [1.807, 2.05) is 17.0 Å². The Bertz CT molecular complexity index is 1720. The highest BCUT2D eigenvalue weighted by atomic mass is 32.2. The number of fused-ring (bicyclic) bond motifs is 1. The number of carbonyl (C=O) groups excluding carboxylic acids is 1. The van der Waals surface area contributed by atoms with Gasteiger partial charge in [0, 0.05) is 48.7 Å². The van der Waals surface area contributed by atoms with Gasteiger partial charge in [0.15, 0.2) is 9.84 Å². The zero-order valence-electron chi connectivity index (χ0n) is 21.5. The molecule has 11 nitrogen and oxygen atoms in total. The molecule has 1 aliphatic carbocycles. The lowest BCUT2D eigenvalue weighted by atomic mass is 10.0. The topological polar surface area (TPSA) is 151 Å². The Hall–Kier alpha value is -4.03. The highest BCUT2D eigenvalue weighted by Gasteiger charge is 2.55. The van der Waals surface area contributed by atoms with Gasteiger partial charge < -0.3 is 15.3 Å². The Morgan fingerprint density at radius 1 is 1.10 bits per heavy atom. The van der Waals surface area contributed by atoms with Gasteiger partial charge in [0.25, 0.3) is 5.91 Å². The molecule has 6 rings (SSSR count). The minimum Gasteiger partial charge on any atom is -0.391 e. The van der Waals surface area contributed by atoms with Crippen LogP contribution >= 0.6 is 0 Å². The minimum atomic E-state index is -3.51. The quantitative estimate of drug-likeness (QED) is 0.368. The lowest BCUT2D eigenvalue weighted by Crippen LogP contribution is -2.24. The van der Waals surface area contributed by atoms with E-state index < -0.39 is 15.7 Å². The Morgan fingerprint density at radius 2 is 1.90 bits per heavy atom. The van der Waals surface area contributed by atoms with Gasteiger partial charge in [0.1, 0.15) is 0 Å². The van der Waals surface area contributed by atoms with E-state index in [1.54, 1.807) is 31.5 Å². The second kappa shape index (κ2) is 9.31. The maximum Gasteiger partial charge on any atom is 0.253 e. The van der Waals surface area contributed by atoms with Crippen molar-refractivity contribution in [3.63, 3.8) is 0 Å². The number of pyridine rings is 3. The van der Waals surface area contributed by atoms with Crippen molar-refractivity contribution in [2.75, 3.05) is 24.2 Å². The van der Waals surface area contributed by atoms with E-state index in [4.69, 9.17) is 9.97 Å². The summed E-state index contributed by atoms with van der Waals surface area (Å²) >= 11 is 0. The minimum absolute atomic E-state index is 0.00530. The number of hydrogen-bond donors (Lipinski definition) is 2. The van der Waals surface area contributed by atoms with Gasteiger partial charge in [-0.05, 0) is 50.1 Å². The van der Waals surface area contributed by atoms with Gasteiger partial charge in [-0.15, -0.1) is 0 Å². The number of carbonyl (C=O) groups is 1. The van der Waals surface area contributed by atoms with Crippen LogP contribution in [0.5, 0.6) is 0 Å². The summed E-state index contributed by atoms with van der Waals surface area (Å²) in [5.74, 6) is 0.129. The number of aliphatic hydroxyl groups excluding tert-OH is 1. The lowest BCUT2D eigenvalue weighted by Gasteiger charge is -2.16. The van der Waals surface area contributed by atoms with Crippen molar-refractivity contribution in [1.82, 2.24) is 30.2 Å². The molecule has 5 heterocycles. The first-order chi connectivity index (χ1) is 18.6. The lowest BCUT2D eigenvalue weighted by molar-refractivity contribution is 0.0949. The third-order valence-electron chi connectivity index (χ3n) is 7.45. The molecule has 1 saturated carbocycles. The number of nitrogens with one attached hydrogen (secondary N) is 1. The molecule has 1 aliphatic heterocycles. The molecule has 4 aromatic rings. The predicted molar refractivity (Wildman–Crippen MR) is 144 cm³/mol. The van der Waals surface area contributed by atoms with Crippen LogP contribution in [-0.2, 0) is 16.4 Å². The Balaban J connectivity index is 1.20. The third-order valence-corrected chi connectivity index (χ3v) is 8.66. The summed E-state index contributed by atoms with van der Waals surface area (Å²) in [5.41, 5.74) is 3.13. The van der Waals surface area contributed by atoms with Gasteiger partial charge in [-0.25, -0.2) is 23.4 Å². The zero-order chi connectivity index (χ0) is 27.4. The molecule has 2 aliphatic rings. The van der Waals surface area contributed by atoms with Gasteiger partial charge in [-0.2, -0.15) is 0 Å². The first-order valence-electron chi connectivity index (χ1n) is 12.6. The summed E-state index contributed by atoms with van der Waals surface area (Å²) in [7, 11) is -3.51. The smallest absolute Gasteiger partial charge is 0.253 e. The van der Waals surface area contributed by atoms with E-state index in [0.717, 1.165) is 31.0 Å². The summed E-state index contributed by atoms with van der Waals surface area (Å²) < 4.78 is 24.0. The van der Waals surface area contributed by atoms with E-state index in [-0.39, 0.29) is 28.5 Å². The van der Waals surface area contributed by atoms with Crippen molar-refractivity contribution in [2.24, 2.45) is 5.41 Å². The van der Waals surface area contributed by atoms with Crippen molar-refractivity contribution < 1.29 is 18.3 Å². The van der Waals surface area contributed by atoms with Gasteiger partial charge in [0.2, 0.25) is 5.95 Å². The maximum atomic E-state index is 12.7. The number of aromatic nitrogens is 5. The van der Waals surface area contributed by atoms with E-state index >= 15 is 0 Å². The summed E-state index contributed by atoms with van der Waals surface area (Å²) in [6.07, 6.45) is 7.56. The predicted octanol–water partition coefficient (Wildman–Crippen LogP) is 2.08. The van der Waals surface area contributed by atoms with Crippen LogP contribution in [-0.4, -0.2) is 69.8 Å². The molecule has 0 aromatic carbocycles. The standard InChI is InChI=1S/C27H27N7O4S/c1-16-23(39(2,37)38)9-18(12-29-16)25(36)31-13-19-10-22-17(11-30-19)3-4-20(32-22)21-5-8-28-26(33-21)34-14-24(35)27(15-34)6-7-27/h3-5,8-12,24,35H,6-7,13-15H2,1-2H3,(H,31,36). The molecule has 1 spiro atoms. The SMILES string of the molecule is Cc1ncc(C(=O)NCc2cc3nc(-c4ccnc(N5CC(O)C6(CC6)C5)n4)ccc3cn2)cc1S(C)(=O)=O. The second-order valence-corrected chi connectivity index (χ2v) is 12.3. The van der Waals surface area contributed by atoms with Crippen LogP contribution in [0.3, 0.4) is 0 Å².